The molecule has 2 saturated heterocycles. The number of ether oxygens (including phenoxy) is 1. The summed E-state index contributed by atoms with van der Waals surface area (Å²) in [5.74, 6) is -2.99. The number of nitrogens with zero attached hydrogens (tertiary/aromatic N) is 6. The molecule has 0 spiro atoms. The van der Waals surface area contributed by atoms with Crippen molar-refractivity contribution in [3.63, 3.8) is 0 Å². The molecule has 6 heterocycles. The lowest BCUT2D eigenvalue weighted by Crippen LogP contribution is -2.54. The van der Waals surface area contributed by atoms with Gasteiger partial charge in [0.2, 0.25) is 0 Å². The zero-order valence-electron chi connectivity index (χ0n) is 37.1. The molecular formula is C54H45F3N6O3S2. The molecule has 14 heteroatoms. The van der Waals surface area contributed by atoms with Crippen LogP contribution in [0.25, 0.3) is 41.8 Å². The number of rotatable bonds is 13. The number of hydrogen-bond donors (Lipinski definition) is 0. The Labute approximate surface area is 398 Å². The Kier molecular flexibility index (Phi) is 10.6. The molecule has 4 fully saturated rings. The lowest BCUT2D eigenvalue weighted by Gasteiger charge is -2.43. The molecule has 9 nitrogen and oxygen atoms in total. The highest BCUT2D eigenvalue weighted by Gasteiger charge is 2.48. The zero-order chi connectivity index (χ0) is 46.3. The molecule has 2 saturated carbocycles. The summed E-state index contributed by atoms with van der Waals surface area (Å²) in [7, 11) is 0. The lowest BCUT2D eigenvalue weighted by atomic mass is 9.92. The van der Waals surface area contributed by atoms with Gasteiger partial charge in [-0.25, -0.2) is 33.1 Å². The Morgan fingerprint density at radius 3 is 1.74 bits per heavy atom. The number of carbonyl (C=O) groups excluding carboxylic acids is 2. The van der Waals surface area contributed by atoms with E-state index in [9.17, 15) is 14.0 Å². The van der Waals surface area contributed by atoms with Crippen LogP contribution >= 0.6 is 22.7 Å². The Balaban J connectivity index is 0.623. The van der Waals surface area contributed by atoms with Crippen molar-refractivity contribution >= 4 is 55.3 Å². The minimum atomic E-state index is -0.543. The van der Waals surface area contributed by atoms with Gasteiger partial charge < -0.3 is 4.74 Å². The Morgan fingerprint density at radius 2 is 1.19 bits per heavy atom. The van der Waals surface area contributed by atoms with Crippen LogP contribution < -0.4 is 0 Å². The molecule has 68 heavy (non-hydrogen) atoms. The van der Waals surface area contributed by atoms with Gasteiger partial charge in [0.25, 0.3) is 0 Å². The van der Waals surface area contributed by atoms with E-state index in [4.69, 9.17) is 19.7 Å². The largest absolute Gasteiger partial charge is 0.393 e. The maximum atomic E-state index is 15.9. The van der Waals surface area contributed by atoms with Crippen molar-refractivity contribution in [2.24, 2.45) is 11.8 Å². The summed E-state index contributed by atoms with van der Waals surface area (Å²) < 4.78 is 50.4. The fourth-order valence-electron chi connectivity index (χ4n) is 10.3. The summed E-state index contributed by atoms with van der Waals surface area (Å²) in [4.78, 5) is 51.1. The Morgan fingerprint density at radius 1 is 0.647 bits per heavy atom. The molecule has 0 bridgehead atoms. The maximum absolute atomic E-state index is 15.9. The standard InChI is InChI=1S/C54H45F3N6O3S2/c1-2-44(32-9-15-39(41(57)25-32)48-59-43-16-18-45(60-49(43)68-48)53(20-21-53)35-6-4-3-5-7-35)63-29-34(30-63)52(65)66-51(64)33-27-62(28-33)26-31-8-14-38(40(56)24-31)47-58-42-17-19-46(61-50(42)67-47)54(22-23-54)36-10-12-37(55)13-11-36/h3-19,24-25,33-34,44H,2,20-23,26-30H2,1H3/t44-/m0/s1. The fourth-order valence-corrected chi connectivity index (χ4v) is 12.2. The van der Waals surface area contributed by atoms with Gasteiger partial charge in [-0.05, 0) is 115 Å². The first kappa shape index (κ1) is 43.1. The van der Waals surface area contributed by atoms with Gasteiger partial charge in [-0.2, -0.15) is 0 Å². The van der Waals surface area contributed by atoms with Crippen molar-refractivity contribution in [2.45, 2.75) is 62.4 Å². The van der Waals surface area contributed by atoms with E-state index in [2.05, 4.69) is 40.2 Å². The summed E-state index contributed by atoms with van der Waals surface area (Å²) in [5.41, 5.74) is 7.80. The van der Waals surface area contributed by atoms with E-state index in [1.54, 1.807) is 18.2 Å². The predicted molar refractivity (Wildman–Crippen MR) is 256 cm³/mol. The van der Waals surface area contributed by atoms with Crippen LogP contribution in [-0.2, 0) is 31.7 Å². The van der Waals surface area contributed by atoms with Gasteiger partial charge >= 0.3 is 11.9 Å². The highest BCUT2D eigenvalue weighted by Crippen LogP contribution is 2.54. The highest BCUT2D eigenvalue weighted by atomic mass is 32.1. The molecule has 0 unspecified atom stereocenters. The van der Waals surface area contributed by atoms with Crippen LogP contribution in [-0.4, -0.2) is 67.9 Å². The molecule has 4 aromatic carbocycles. The van der Waals surface area contributed by atoms with Gasteiger partial charge in [-0.1, -0.05) is 84.2 Å². The van der Waals surface area contributed by atoms with Crippen LogP contribution in [0.4, 0.5) is 13.2 Å². The second-order valence-corrected chi connectivity index (χ2v) is 20.8. The van der Waals surface area contributed by atoms with Gasteiger partial charge in [0.05, 0.1) is 23.2 Å². The average molecular weight is 947 g/mol. The van der Waals surface area contributed by atoms with Crippen molar-refractivity contribution in [1.82, 2.24) is 29.7 Å². The molecular weight excluding hydrogens is 902 g/mol. The second kappa shape index (κ2) is 16.8. The number of pyridine rings is 2. The maximum Gasteiger partial charge on any atom is 0.319 e. The van der Waals surface area contributed by atoms with Gasteiger partial charge in [0.15, 0.2) is 0 Å². The van der Waals surface area contributed by atoms with Crippen LogP contribution in [0.5, 0.6) is 0 Å². The highest BCUT2D eigenvalue weighted by molar-refractivity contribution is 7.21. The number of carbonyl (C=O) groups is 2. The number of halogens is 3. The number of aromatic nitrogens is 4. The number of likely N-dealkylation sites (tertiary alicyclic amines) is 2. The van der Waals surface area contributed by atoms with E-state index in [-0.39, 0.29) is 28.5 Å². The monoisotopic (exact) mass is 946 g/mol. The van der Waals surface area contributed by atoms with Gasteiger partial charge in [0.1, 0.15) is 48.2 Å². The van der Waals surface area contributed by atoms with Crippen molar-refractivity contribution < 1.29 is 27.5 Å². The number of benzene rings is 4. The van der Waals surface area contributed by atoms with Crippen LogP contribution in [0.1, 0.15) is 78.7 Å². The first-order valence-corrected chi connectivity index (χ1v) is 24.9. The molecule has 8 aromatic rings. The topological polar surface area (TPSA) is 101 Å². The molecule has 4 aromatic heterocycles. The predicted octanol–water partition coefficient (Wildman–Crippen LogP) is 11.2. The van der Waals surface area contributed by atoms with E-state index < -0.39 is 29.6 Å². The SMILES string of the molecule is CC[C@@H](c1ccc(-c2nc3ccc(C4(c5ccccc5)CC4)nc3s2)c(F)c1)N1CC(C(=O)OC(=O)C2CN(Cc3ccc(-c4nc5ccc(C6(c7ccc(F)cc7)CC6)nc5s4)c(F)c3)C2)C1. The normalized spacial score (nSPS) is 18.3. The smallest absolute Gasteiger partial charge is 0.319 e. The molecule has 0 radical (unpaired) electrons. The van der Waals surface area contributed by atoms with Crippen molar-refractivity contribution in [1.29, 1.82) is 0 Å². The second-order valence-electron chi connectivity index (χ2n) is 18.9. The third kappa shape index (κ3) is 7.71. The third-order valence-electron chi connectivity index (χ3n) is 14.6. The number of esters is 2. The lowest BCUT2D eigenvalue weighted by molar-refractivity contribution is -0.173. The van der Waals surface area contributed by atoms with Crippen molar-refractivity contribution in [3.05, 3.63) is 166 Å². The first-order valence-electron chi connectivity index (χ1n) is 23.2. The molecule has 1 atom stereocenters. The summed E-state index contributed by atoms with van der Waals surface area (Å²) in [6.07, 6.45) is 4.68. The third-order valence-corrected chi connectivity index (χ3v) is 16.6. The van der Waals surface area contributed by atoms with Crippen molar-refractivity contribution in [2.75, 3.05) is 26.2 Å². The summed E-state index contributed by atoms with van der Waals surface area (Å²) in [6.45, 7) is 4.11. The van der Waals surface area contributed by atoms with E-state index in [1.165, 1.54) is 46.4 Å². The number of thiazole rings is 2. The van der Waals surface area contributed by atoms with E-state index in [0.29, 0.717) is 65.8 Å². The minimum Gasteiger partial charge on any atom is -0.393 e. The first-order chi connectivity index (χ1) is 33.1. The summed E-state index contributed by atoms with van der Waals surface area (Å²) >= 11 is 2.75. The van der Waals surface area contributed by atoms with E-state index in [0.717, 1.165) is 68.9 Å². The molecule has 2 aliphatic heterocycles. The average Bonchev–Trinajstić information content (AvgIpc) is 4.22. The van der Waals surface area contributed by atoms with Crippen molar-refractivity contribution in [3.8, 4) is 21.1 Å². The summed E-state index contributed by atoms with van der Waals surface area (Å²) in [6, 6.07) is 35.3. The Bertz CT molecular complexity index is 3270. The van der Waals surface area contributed by atoms with Crippen LogP contribution in [0.3, 0.4) is 0 Å². The van der Waals surface area contributed by atoms with Gasteiger partial charge in [0, 0.05) is 60.7 Å². The van der Waals surface area contributed by atoms with Gasteiger partial charge in [-0.3, -0.25) is 19.4 Å². The number of fused-ring (bicyclic) bond motifs is 2. The van der Waals surface area contributed by atoms with E-state index in [1.807, 2.05) is 60.4 Å². The molecule has 0 amide bonds. The summed E-state index contributed by atoms with van der Waals surface area (Å²) in [5, 5.41) is 1.13. The minimum absolute atomic E-state index is 0.0647. The van der Waals surface area contributed by atoms with E-state index >= 15 is 8.78 Å². The molecule has 0 N–H and O–H groups in total. The zero-order valence-corrected chi connectivity index (χ0v) is 38.8. The van der Waals surface area contributed by atoms with Crippen LogP contribution in [0.2, 0.25) is 0 Å². The Hall–Kier alpha value is -6.19. The number of hydrogen-bond acceptors (Lipinski definition) is 11. The fraction of sp³-hybridized carbons (Fsp3) is 0.296. The molecule has 2 aliphatic carbocycles. The van der Waals surface area contributed by atoms with Gasteiger partial charge in [-0.15, -0.1) is 0 Å². The van der Waals surface area contributed by atoms with Crippen LogP contribution in [0, 0.1) is 29.3 Å². The quantitative estimate of drug-likeness (QED) is 0.0826. The van der Waals surface area contributed by atoms with Crippen LogP contribution in [0.15, 0.2) is 115 Å². The molecule has 12 rings (SSSR count). The molecule has 342 valence electrons. The molecule has 4 aliphatic rings.